The van der Waals surface area contributed by atoms with Gasteiger partial charge in [-0.15, -0.1) is 0 Å². The molecule has 8 nitrogen and oxygen atoms in total. The van der Waals surface area contributed by atoms with Crippen molar-refractivity contribution in [3.63, 3.8) is 0 Å². The van der Waals surface area contributed by atoms with Crippen molar-refractivity contribution in [2.24, 2.45) is 0 Å². The van der Waals surface area contributed by atoms with Crippen molar-refractivity contribution in [1.29, 1.82) is 0 Å². The Morgan fingerprint density at radius 3 is 3.16 bits per heavy atom. The lowest BCUT2D eigenvalue weighted by Gasteiger charge is -1.99. The molecule has 2 N–H and O–H groups in total. The van der Waals surface area contributed by atoms with Gasteiger partial charge >= 0.3 is 0 Å². The minimum Gasteiger partial charge on any atom is -0.383 e. The summed E-state index contributed by atoms with van der Waals surface area (Å²) in [5, 5.41) is 6.06. The Kier molecular flexibility index (Phi) is 4.04. The van der Waals surface area contributed by atoms with Crippen LogP contribution in [0.15, 0.2) is 27.6 Å². The number of hydrogen-bond acceptors (Lipinski definition) is 6. The fraction of sp³-hybridized carbons (Fsp3) is 0.273. The molecule has 0 spiro atoms. The zero-order chi connectivity index (χ0) is 13.7. The predicted molar refractivity (Wildman–Crippen MR) is 64.6 cm³/mol. The van der Waals surface area contributed by atoms with Gasteiger partial charge in [0.05, 0.1) is 6.61 Å². The number of pyridine rings is 1. The van der Waals surface area contributed by atoms with Crippen LogP contribution in [-0.2, 0) is 4.74 Å². The number of nitrogens with zero attached hydrogens (tertiary/aromatic N) is 2. The summed E-state index contributed by atoms with van der Waals surface area (Å²) in [4.78, 5) is 29.5. The van der Waals surface area contributed by atoms with Gasteiger partial charge in [0.1, 0.15) is 5.56 Å². The number of carbonyl (C=O) groups excluding carboxylic acids is 1. The van der Waals surface area contributed by atoms with Crippen molar-refractivity contribution in [2.75, 3.05) is 20.3 Å². The SMILES string of the molecule is COCCNC(=O)c1noc(-c2ccc[nH]c2=O)n1. The third-order valence-electron chi connectivity index (χ3n) is 2.27. The molecule has 0 aliphatic carbocycles. The standard InChI is InChI=1S/C11H12N4O4/c1-18-6-5-13-10(17)8-14-11(19-15-8)7-3-2-4-12-9(7)16/h2-4H,5-6H2,1H3,(H,12,16)(H,13,17). The summed E-state index contributed by atoms with van der Waals surface area (Å²) in [6.07, 6.45) is 1.49. The van der Waals surface area contributed by atoms with Crippen LogP contribution in [0.2, 0.25) is 0 Å². The third-order valence-corrected chi connectivity index (χ3v) is 2.27. The van der Waals surface area contributed by atoms with E-state index in [-0.39, 0.29) is 22.8 Å². The third kappa shape index (κ3) is 3.05. The molecule has 2 rings (SSSR count). The molecule has 19 heavy (non-hydrogen) atoms. The number of nitrogens with one attached hydrogen (secondary N) is 2. The van der Waals surface area contributed by atoms with E-state index in [0.717, 1.165) is 0 Å². The Morgan fingerprint density at radius 1 is 1.58 bits per heavy atom. The number of aromatic amines is 1. The number of H-pyrrole nitrogens is 1. The van der Waals surface area contributed by atoms with Crippen molar-refractivity contribution in [2.45, 2.75) is 0 Å². The average Bonchev–Trinajstić information content (AvgIpc) is 2.89. The Labute approximate surface area is 107 Å². The zero-order valence-corrected chi connectivity index (χ0v) is 10.2. The van der Waals surface area contributed by atoms with Gasteiger partial charge in [0.25, 0.3) is 23.2 Å². The number of ether oxygens (including phenoxy) is 1. The van der Waals surface area contributed by atoms with E-state index in [2.05, 4.69) is 20.4 Å². The van der Waals surface area contributed by atoms with Crippen LogP contribution in [-0.4, -0.2) is 41.3 Å². The zero-order valence-electron chi connectivity index (χ0n) is 10.2. The first-order chi connectivity index (χ1) is 9.22. The van der Waals surface area contributed by atoms with Crippen molar-refractivity contribution in [3.8, 4) is 11.5 Å². The molecule has 2 heterocycles. The highest BCUT2D eigenvalue weighted by Gasteiger charge is 2.16. The fourth-order valence-electron chi connectivity index (χ4n) is 1.36. The Hall–Kier alpha value is -2.48. The average molecular weight is 264 g/mol. The monoisotopic (exact) mass is 264 g/mol. The predicted octanol–water partition coefficient (Wildman–Crippen LogP) is -0.199. The van der Waals surface area contributed by atoms with E-state index in [1.165, 1.54) is 19.4 Å². The second-order valence-electron chi connectivity index (χ2n) is 3.58. The molecule has 0 fully saturated rings. The minimum atomic E-state index is -0.487. The maximum absolute atomic E-state index is 11.6. The number of methoxy groups -OCH3 is 1. The minimum absolute atomic E-state index is 0.00117. The van der Waals surface area contributed by atoms with Gasteiger partial charge in [0.2, 0.25) is 0 Å². The van der Waals surface area contributed by atoms with Crippen molar-refractivity contribution in [3.05, 3.63) is 34.5 Å². The van der Waals surface area contributed by atoms with Crippen LogP contribution in [0, 0.1) is 0 Å². The van der Waals surface area contributed by atoms with Crippen molar-refractivity contribution >= 4 is 5.91 Å². The van der Waals surface area contributed by atoms with Gasteiger partial charge in [-0.25, -0.2) is 0 Å². The first-order valence-electron chi connectivity index (χ1n) is 5.51. The first-order valence-corrected chi connectivity index (χ1v) is 5.51. The lowest BCUT2D eigenvalue weighted by molar-refractivity contribution is 0.0924. The van der Waals surface area contributed by atoms with Crippen LogP contribution in [0.3, 0.4) is 0 Å². The van der Waals surface area contributed by atoms with Gasteiger partial charge in [-0.05, 0) is 12.1 Å². The number of rotatable bonds is 5. The second kappa shape index (κ2) is 5.91. The van der Waals surface area contributed by atoms with E-state index in [4.69, 9.17) is 9.26 Å². The summed E-state index contributed by atoms with van der Waals surface area (Å²) in [5.41, 5.74) is -0.150. The van der Waals surface area contributed by atoms with Crippen molar-refractivity contribution in [1.82, 2.24) is 20.4 Å². The van der Waals surface area contributed by atoms with E-state index >= 15 is 0 Å². The van der Waals surface area contributed by atoms with E-state index in [0.29, 0.717) is 13.2 Å². The smallest absolute Gasteiger partial charge is 0.292 e. The van der Waals surface area contributed by atoms with Gasteiger partial charge in [-0.1, -0.05) is 5.16 Å². The fourth-order valence-corrected chi connectivity index (χ4v) is 1.36. The molecule has 0 aliphatic heterocycles. The van der Waals surface area contributed by atoms with Crippen LogP contribution in [0.5, 0.6) is 0 Å². The molecular weight excluding hydrogens is 252 g/mol. The van der Waals surface area contributed by atoms with E-state index < -0.39 is 5.91 Å². The molecule has 0 radical (unpaired) electrons. The van der Waals surface area contributed by atoms with Gasteiger partial charge in [-0.3, -0.25) is 9.59 Å². The molecule has 0 atom stereocenters. The topological polar surface area (TPSA) is 110 Å². The molecule has 0 bridgehead atoms. The highest BCUT2D eigenvalue weighted by Crippen LogP contribution is 2.11. The molecule has 2 aromatic rings. The van der Waals surface area contributed by atoms with Crippen LogP contribution < -0.4 is 10.9 Å². The van der Waals surface area contributed by atoms with Crippen LogP contribution in [0.25, 0.3) is 11.5 Å². The van der Waals surface area contributed by atoms with Gasteiger partial charge < -0.3 is 19.6 Å². The first kappa shape index (κ1) is 13.0. The molecule has 0 aliphatic rings. The largest absolute Gasteiger partial charge is 0.383 e. The summed E-state index contributed by atoms with van der Waals surface area (Å²) in [6.45, 7) is 0.722. The van der Waals surface area contributed by atoms with Crippen LogP contribution >= 0.6 is 0 Å². The number of hydrogen-bond donors (Lipinski definition) is 2. The molecule has 0 saturated carbocycles. The molecule has 1 amide bonds. The highest BCUT2D eigenvalue weighted by atomic mass is 16.5. The van der Waals surface area contributed by atoms with E-state index in [9.17, 15) is 9.59 Å². The molecular formula is C11H12N4O4. The maximum Gasteiger partial charge on any atom is 0.292 e. The van der Waals surface area contributed by atoms with Crippen LogP contribution in [0.4, 0.5) is 0 Å². The summed E-state index contributed by atoms with van der Waals surface area (Å²) in [5.74, 6) is -0.618. The van der Waals surface area contributed by atoms with Gasteiger partial charge in [0, 0.05) is 19.9 Å². The number of aromatic nitrogens is 3. The lowest BCUT2D eigenvalue weighted by atomic mass is 10.3. The maximum atomic E-state index is 11.6. The molecule has 0 saturated heterocycles. The lowest BCUT2D eigenvalue weighted by Crippen LogP contribution is -2.27. The molecule has 0 aromatic carbocycles. The molecule has 2 aromatic heterocycles. The normalized spacial score (nSPS) is 10.4. The van der Waals surface area contributed by atoms with Gasteiger partial charge in [-0.2, -0.15) is 4.98 Å². The summed E-state index contributed by atoms with van der Waals surface area (Å²) in [7, 11) is 1.53. The Bertz CT molecular complexity index is 619. The summed E-state index contributed by atoms with van der Waals surface area (Å²) < 4.78 is 9.68. The Balaban J connectivity index is 2.13. The molecule has 100 valence electrons. The van der Waals surface area contributed by atoms with Gasteiger partial charge in [0.15, 0.2) is 0 Å². The van der Waals surface area contributed by atoms with Crippen LogP contribution in [0.1, 0.15) is 10.6 Å². The highest BCUT2D eigenvalue weighted by molar-refractivity contribution is 5.90. The van der Waals surface area contributed by atoms with E-state index in [1.807, 2.05) is 0 Å². The number of amides is 1. The number of carbonyl (C=O) groups is 1. The van der Waals surface area contributed by atoms with E-state index in [1.54, 1.807) is 6.07 Å². The molecule has 0 unspecified atom stereocenters. The Morgan fingerprint density at radius 2 is 2.42 bits per heavy atom. The summed E-state index contributed by atoms with van der Waals surface area (Å²) in [6, 6.07) is 3.15. The quantitative estimate of drug-likeness (QED) is 0.724. The van der Waals surface area contributed by atoms with Crippen molar-refractivity contribution < 1.29 is 14.1 Å². The molecule has 8 heteroatoms. The second-order valence-corrected chi connectivity index (χ2v) is 3.58. The summed E-state index contributed by atoms with van der Waals surface area (Å²) >= 11 is 0.